The number of aryl methyl sites for hydroxylation is 1. The molecular weight excluding hydrogens is 227 g/mol. The lowest BCUT2D eigenvalue weighted by molar-refractivity contribution is 0.630. The molecule has 0 aliphatic heterocycles. The van der Waals surface area contributed by atoms with E-state index in [0.29, 0.717) is 5.52 Å². The van der Waals surface area contributed by atoms with Crippen molar-refractivity contribution in [3.63, 3.8) is 0 Å². The zero-order chi connectivity index (χ0) is 11.9. The minimum absolute atomic E-state index is 0.119. The van der Waals surface area contributed by atoms with Crippen LogP contribution in [0.25, 0.3) is 10.9 Å². The molecule has 1 N–H and O–H groups in total. The van der Waals surface area contributed by atoms with E-state index in [4.69, 9.17) is 11.6 Å². The number of aromatic nitrogens is 1. The van der Waals surface area contributed by atoms with E-state index in [9.17, 15) is 4.39 Å². The highest BCUT2D eigenvalue weighted by Gasteiger charge is 2.11. The summed E-state index contributed by atoms with van der Waals surface area (Å²) >= 11 is 5.78. The van der Waals surface area contributed by atoms with Gasteiger partial charge >= 0.3 is 0 Å². The molecule has 0 unspecified atom stereocenters. The van der Waals surface area contributed by atoms with Gasteiger partial charge < -0.3 is 5.32 Å². The van der Waals surface area contributed by atoms with Gasteiger partial charge in [0.05, 0.1) is 10.5 Å². The molecule has 1 aromatic carbocycles. The van der Waals surface area contributed by atoms with Crippen LogP contribution in [0, 0.1) is 19.7 Å². The molecule has 84 valence electrons. The Morgan fingerprint density at radius 1 is 1.31 bits per heavy atom. The number of rotatable bonds is 1. The fourth-order valence-corrected chi connectivity index (χ4v) is 1.96. The Morgan fingerprint density at radius 3 is 2.62 bits per heavy atom. The second-order valence-corrected chi connectivity index (χ2v) is 4.14. The number of halogens is 2. The molecule has 16 heavy (non-hydrogen) atoms. The molecule has 2 rings (SSSR count). The lowest BCUT2D eigenvalue weighted by atomic mass is 10.1. The Balaban J connectivity index is 2.91. The number of fused-ring (bicyclic) bond motifs is 1. The predicted molar refractivity (Wildman–Crippen MR) is 65.7 cm³/mol. The Kier molecular flexibility index (Phi) is 2.72. The maximum atomic E-state index is 13.3. The molecule has 0 atom stereocenters. The molecule has 1 aromatic heterocycles. The number of pyridine rings is 1. The summed E-state index contributed by atoms with van der Waals surface area (Å²) in [7, 11) is 1.83. The normalized spacial score (nSPS) is 10.8. The van der Waals surface area contributed by atoms with Crippen molar-refractivity contribution in [2.45, 2.75) is 13.8 Å². The van der Waals surface area contributed by atoms with Crippen molar-refractivity contribution >= 4 is 28.2 Å². The molecule has 0 fully saturated rings. The summed E-state index contributed by atoms with van der Waals surface area (Å²) in [4.78, 5) is 4.35. The maximum Gasteiger partial charge on any atom is 0.143 e. The zero-order valence-electron chi connectivity index (χ0n) is 9.36. The average molecular weight is 239 g/mol. The first-order valence-electron chi connectivity index (χ1n) is 4.98. The molecule has 0 amide bonds. The van der Waals surface area contributed by atoms with Crippen molar-refractivity contribution in [1.82, 2.24) is 4.98 Å². The second-order valence-electron chi connectivity index (χ2n) is 3.73. The maximum absolute atomic E-state index is 13.3. The predicted octanol–water partition coefficient (Wildman–Crippen LogP) is 3.69. The molecular formula is C12H12ClFN2. The monoisotopic (exact) mass is 238 g/mol. The first kappa shape index (κ1) is 11.1. The van der Waals surface area contributed by atoms with E-state index in [2.05, 4.69) is 10.3 Å². The van der Waals surface area contributed by atoms with Crippen LogP contribution in [0.15, 0.2) is 12.1 Å². The Morgan fingerprint density at radius 2 is 2.00 bits per heavy atom. The molecule has 2 aromatic rings. The molecule has 0 bridgehead atoms. The van der Waals surface area contributed by atoms with E-state index < -0.39 is 5.82 Å². The number of hydrogen-bond donors (Lipinski definition) is 1. The largest absolute Gasteiger partial charge is 0.387 e. The van der Waals surface area contributed by atoms with Crippen molar-refractivity contribution in [1.29, 1.82) is 0 Å². The van der Waals surface area contributed by atoms with Crippen LogP contribution in [0.1, 0.15) is 11.3 Å². The summed E-state index contributed by atoms with van der Waals surface area (Å²) in [5.41, 5.74) is 3.51. The Labute approximate surface area is 98.4 Å². The SMILES string of the molecule is CNc1c(C)c(C)nc2cc(F)c(Cl)cc12. The van der Waals surface area contributed by atoms with Crippen molar-refractivity contribution in [3.8, 4) is 0 Å². The van der Waals surface area contributed by atoms with Crippen LogP contribution in [0.2, 0.25) is 5.02 Å². The van der Waals surface area contributed by atoms with Gasteiger partial charge in [-0.3, -0.25) is 4.98 Å². The van der Waals surface area contributed by atoms with Gasteiger partial charge in [-0.2, -0.15) is 0 Å². The van der Waals surface area contributed by atoms with Crippen molar-refractivity contribution in [2.75, 3.05) is 12.4 Å². The van der Waals surface area contributed by atoms with Gasteiger partial charge in [0, 0.05) is 29.9 Å². The first-order chi connectivity index (χ1) is 7.54. The Bertz CT molecular complexity index is 561. The fraction of sp³-hybridized carbons (Fsp3) is 0.250. The summed E-state index contributed by atoms with van der Waals surface area (Å²) in [6.45, 7) is 3.88. The molecule has 4 heteroatoms. The number of benzene rings is 1. The first-order valence-corrected chi connectivity index (χ1v) is 5.36. The third kappa shape index (κ3) is 1.61. The standard InChI is InChI=1S/C12H12ClFN2/c1-6-7(2)16-11-5-10(14)9(13)4-8(11)12(6)15-3/h4-5H,1-3H3,(H,15,16). The average Bonchev–Trinajstić information content (AvgIpc) is 2.24. The topological polar surface area (TPSA) is 24.9 Å². The van der Waals surface area contributed by atoms with Crippen LogP contribution in [-0.4, -0.2) is 12.0 Å². The number of anilines is 1. The summed E-state index contributed by atoms with van der Waals surface area (Å²) in [5, 5.41) is 4.07. The lowest BCUT2D eigenvalue weighted by Gasteiger charge is -2.12. The number of hydrogen-bond acceptors (Lipinski definition) is 2. The van der Waals surface area contributed by atoms with Gasteiger partial charge in [0.25, 0.3) is 0 Å². The second kappa shape index (κ2) is 3.91. The molecule has 1 heterocycles. The van der Waals surface area contributed by atoms with Gasteiger partial charge in [0.2, 0.25) is 0 Å². The van der Waals surface area contributed by atoms with Crippen LogP contribution in [0.5, 0.6) is 0 Å². The van der Waals surface area contributed by atoms with Crippen molar-refractivity contribution in [3.05, 3.63) is 34.2 Å². The molecule has 0 spiro atoms. The molecule has 2 nitrogen and oxygen atoms in total. The molecule has 0 radical (unpaired) electrons. The van der Waals surface area contributed by atoms with Gasteiger partial charge in [-0.15, -0.1) is 0 Å². The van der Waals surface area contributed by atoms with E-state index in [1.165, 1.54) is 6.07 Å². The number of nitrogens with one attached hydrogen (secondary N) is 1. The van der Waals surface area contributed by atoms with Crippen LogP contribution >= 0.6 is 11.6 Å². The molecule has 0 aliphatic rings. The highest BCUT2D eigenvalue weighted by atomic mass is 35.5. The van der Waals surface area contributed by atoms with Gasteiger partial charge in [-0.05, 0) is 25.5 Å². The summed E-state index contributed by atoms with van der Waals surface area (Å²) in [6.07, 6.45) is 0. The van der Waals surface area contributed by atoms with Gasteiger partial charge in [0.15, 0.2) is 0 Å². The van der Waals surface area contributed by atoms with Gasteiger partial charge in [-0.25, -0.2) is 4.39 Å². The van der Waals surface area contributed by atoms with Crippen LogP contribution in [0.3, 0.4) is 0 Å². The van der Waals surface area contributed by atoms with Crippen molar-refractivity contribution < 1.29 is 4.39 Å². The van der Waals surface area contributed by atoms with E-state index in [1.54, 1.807) is 6.07 Å². The molecule has 0 saturated carbocycles. The summed E-state index contributed by atoms with van der Waals surface area (Å²) in [5.74, 6) is -0.438. The fourth-order valence-electron chi connectivity index (χ4n) is 1.80. The molecule has 0 aliphatic carbocycles. The van der Waals surface area contributed by atoms with E-state index in [-0.39, 0.29) is 5.02 Å². The Hall–Kier alpha value is -1.35. The van der Waals surface area contributed by atoms with Gasteiger partial charge in [0.1, 0.15) is 5.82 Å². The quantitative estimate of drug-likeness (QED) is 0.820. The van der Waals surface area contributed by atoms with E-state index in [1.807, 2.05) is 20.9 Å². The summed E-state index contributed by atoms with van der Waals surface area (Å²) in [6, 6.07) is 2.97. The van der Waals surface area contributed by atoms with Crippen molar-refractivity contribution in [2.24, 2.45) is 0 Å². The minimum Gasteiger partial charge on any atom is -0.387 e. The minimum atomic E-state index is -0.438. The van der Waals surface area contributed by atoms with Gasteiger partial charge in [-0.1, -0.05) is 11.6 Å². The third-order valence-electron chi connectivity index (χ3n) is 2.76. The summed E-state index contributed by atoms with van der Waals surface area (Å²) < 4.78 is 13.3. The highest BCUT2D eigenvalue weighted by molar-refractivity contribution is 6.31. The van der Waals surface area contributed by atoms with E-state index in [0.717, 1.165) is 22.3 Å². The lowest BCUT2D eigenvalue weighted by Crippen LogP contribution is -1.99. The van der Waals surface area contributed by atoms with E-state index >= 15 is 0 Å². The third-order valence-corrected chi connectivity index (χ3v) is 3.05. The zero-order valence-corrected chi connectivity index (χ0v) is 10.1. The number of nitrogens with zero attached hydrogens (tertiary/aromatic N) is 1. The van der Waals surface area contributed by atoms with Crippen LogP contribution in [-0.2, 0) is 0 Å². The highest BCUT2D eigenvalue weighted by Crippen LogP contribution is 2.30. The smallest absolute Gasteiger partial charge is 0.143 e. The molecule has 0 saturated heterocycles. The van der Waals surface area contributed by atoms with Crippen LogP contribution in [0.4, 0.5) is 10.1 Å². The van der Waals surface area contributed by atoms with Crippen LogP contribution < -0.4 is 5.32 Å².